The molecule has 1 aliphatic heterocycles. The summed E-state index contributed by atoms with van der Waals surface area (Å²) in [7, 11) is 11.1. The van der Waals surface area contributed by atoms with Crippen LogP contribution in [0.3, 0.4) is 0 Å². The highest BCUT2D eigenvalue weighted by Gasteiger charge is 2.46. The van der Waals surface area contributed by atoms with Gasteiger partial charge in [-0.15, -0.1) is 0 Å². The number of methoxy groups -OCH3 is 1. The Bertz CT molecular complexity index is 2860. The molecule has 0 radical (unpaired) electrons. The first kappa shape index (κ1) is 84.6. The standard InChI is InChI=1S/C71H119N11O14/c1-26-28-29-45(15)59(83)58-63(87)74-50(27-2)65(89)79(21)55(38-48-30-32-49(33-31-48)71(95)96-25)67(91)76(18)52(35-40(5)6)62(86)75-56(43(11)12)69(93)77(19)51(34-39(3)4)61(85)72-46(16)60(84)73-47(17)64(88)78(20)53(36-41(7)8)66(90)80(22)54(37-42(9)10)68(92)81(23)57(44(13)14)70(94)82(58)24/h26,28,30-33,39-47,50-59,83H,27,29,34-38H2,1-25H3,(H,72,85)(H,73,84)(H,74,87)(H,75,86)/b28-26+/t45-,46+,47-,50+,51+,52+,53+,54+,55?,56?,57+,58+,59-/m1/s1. The van der Waals surface area contributed by atoms with Gasteiger partial charge in [0.15, 0.2) is 0 Å². The molecule has 0 saturated carbocycles. The molecular weight excluding hydrogens is 1230 g/mol. The van der Waals surface area contributed by atoms with Crippen LogP contribution in [0, 0.1) is 41.4 Å². The van der Waals surface area contributed by atoms with Gasteiger partial charge in [-0.2, -0.15) is 0 Å². The van der Waals surface area contributed by atoms with Gasteiger partial charge >= 0.3 is 5.97 Å². The summed E-state index contributed by atoms with van der Waals surface area (Å²) in [6.45, 7) is 29.7. The molecule has 1 aliphatic rings. The third-order valence-corrected chi connectivity index (χ3v) is 18.2. The molecule has 25 nitrogen and oxygen atoms in total. The highest BCUT2D eigenvalue weighted by atomic mass is 16.5. The molecule has 1 aromatic rings. The molecule has 5 N–H and O–H groups in total. The van der Waals surface area contributed by atoms with Crippen molar-refractivity contribution in [2.24, 2.45) is 41.4 Å². The third kappa shape index (κ3) is 22.8. The van der Waals surface area contributed by atoms with Gasteiger partial charge in [0.25, 0.3) is 0 Å². The Kier molecular flexibility index (Phi) is 33.9. The molecule has 0 bridgehead atoms. The Morgan fingerprint density at radius 1 is 0.479 bits per heavy atom. The van der Waals surface area contributed by atoms with Crippen LogP contribution in [0.1, 0.15) is 172 Å². The van der Waals surface area contributed by atoms with Crippen LogP contribution in [-0.4, -0.2) is 239 Å². The molecule has 1 heterocycles. The smallest absolute Gasteiger partial charge is 0.337 e. The van der Waals surface area contributed by atoms with Crippen LogP contribution >= 0.6 is 0 Å². The molecule has 2 rings (SSSR count). The monoisotopic (exact) mass is 1350 g/mol. The molecule has 2 unspecified atom stereocenters. The van der Waals surface area contributed by atoms with Crippen molar-refractivity contribution in [3.05, 3.63) is 47.5 Å². The summed E-state index contributed by atoms with van der Waals surface area (Å²) in [5, 5.41) is 23.4. The molecule has 1 aromatic carbocycles. The topological polar surface area (TPSA) is 305 Å². The number of ether oxygens (including phenoxy) is 1. The van der Waals surface area contributed by atoms with E-state index in [1.165, 1.54) is 107 Å². The second-order valence-electron chi connectivity index (χ2n) is 28.7. The van der Waals surface area contributed by atoms with Crippen LogP contribution < -0.4 is 21.3 Å². The van der Waals surface area contributed by atoms with E-state index in [-0.39, 0.29) is 74.2 Å². The van der Waals surface area contributed by atoms with Gasteiger partial charge in [-0.05, 0) is 118 Å². The minimum Gasteiger partial charge on any atom is -0.465 e. The maximum absolute atomic E-state index is 15.5. The van der Waals surface area contributed by atoms with E-state index in [0.717, 1.165) is 9.80 Å². The van der Waals surface area contributed by atoms with Crippen molar-refractivity contribution in [1.82, 2.24) is 55.6 Å². The minimum absolute atomic E-state index is 0.0599. The van der Waals surface area contributed by atoms with Crippen LogP contribution in [0.25, 0.3) is 0 Å². The van der Waals surface area contributed by atoms with E-state index in [1.54, 1.807) is 72.8 Å². The van der Waals surface area contributed by atoms with E-state index in [4.69, 9.17) is 4.74 Å². The van der Waals surface area contributed by atoms with Crippen LogP contribution in [-0.2, 0) is 63.9 Å². The normalized spacial score (nSPS) is 25.9. The second-order valence-corrected chi connectivity index (χ2v) is 28.7. The lowest BCUT2D eigenvalue weighted by Crippen LogP contribution is -2.64. The Balaban J connectivity index is 3.18. The summed E-state index contributed by atoms with van der Waals surface area (Å²) in [6.07, 6.45) is 2.50. The lowest BCUT2D eigenvalue weighted by Gasteiger charge is -2.41. The van der Waals surface area contributed by atoms with E-state index in [1.807, 2.05) is 55.4 Å². The summed E-state index contributed by atoms with van der Waals surface area (Å²) < 4.78 is 4.92. The van der Waals surface area contributed by atoms with Crippen molar-refractivity contribution >= 4 is 70.9 Å². The zero-order valence-electron chi connectivity index (χ0n) is 62.3. The maximum Gasteiger partial charge on any atom is 0.337 e. The number of aliphatic hydroxyl groups is 1. The van der Waals surface area contributed by atoms with Gasteiger partial charge < -0.3 is 65.4 Å². The number of hydrogen-bond acceptors (Lipinski definition) is 14. The van der Waals surface area contributed by atoms with Gasteiger partial charge in [-0.1, -0.05) is 121 Å². The summed E-state index contributed by atoms with van der Waals surface area (Å²) in [5.41, 5.74) is 0.697. The number of amides is 11. The second kappa shape index (κ2) is 38.5. The van der Waals surface area contributed by atoms with E-state index >= 15 is 33.6 Å². The fourth-order valence-corrected chi connectivity index (χ4v) is 12.1. The maximum atomic E-state index is 15.5. The van der Waals surface area contributed by atoms with Gasteiger partial charge in [-0.3, -0.25) is 52.7 Å². The highest BCUT2D eigenvalue weighted by Crippen LogP contribution is 2.27. The zero-order valence-corrected chi connectivity index (χ0v) is 62.3. The summed E-state index contributed by atoms with van der Waals surface area (Å²) in [6, 6.07) is -8.18. The lowest BCUT2D eigenvalue weighted by atomic mass is 9.91. The quantitative estimate of drug-likeness (QED) is 0.0987. The Morgan fingerprint density at radius 2 is 0.885 bits per heavy atom. The molecule has 13 atom stereocenters. The first-order chi connectivity index (χ1) is 44.5. The molecule has 96 heavy (non-hydrogen) atoms. The summed E-state index contributed by atoms with van der Waals surface area (Å²) >= 11 is 0. The van der Waals surface area contributed by atoms with E-state index in [2.05, 4.69) is 21.3 Å². The average Bonchev–Trinajstić information content (AvgIpc) is 0.805. The molecule has 1 fully saturated rings. The first-order valence-electron chi connectivity index (χ1n) is 34.1. The zero-order chi connectivity index (χ0) is 73.8. The van der Waals surface area contributed by atoms with Gasteiger partial charge in [0, 0.05) is 55.8 Å². The van der Waals surface area contributed by atoms with E-state index in [0.29, 0.717) is 5.56 Å². The van der Waals surface area contributed by atoms with Crippen molar-refractivity contribution < 1.29 is 67.4 Å². The van der Waals surface area contributed by atoms with Crippen molar-refractivity contribution in [1.29, 1.82) is 0 Å². The fourth-order valence-electron chi connectivity index (χ4n) is 12.1. The first-order valence-corrected chi connectivity index (χ1v) is 34.1. The number of carbonyl (C=O) groups excluding carboxylic acids is 12. The number of carbonyl (C=O) groups is 12. The Morgan fingerprint density at radius 3 is 1.33 bits per heavy atom. The molecule has 1 saturated heterocycles. The average molecular weight is 1350 g/mol. The molecular formula is C71H119N11O14. The van der Waals surface area contributed by atoms with Crippen LogP contribution in [0.15, 0.2) is 36.4 Å². The SMILES string of the molecule is C/C=C/C[C@@H](C)[C@@H](O)[C@H]1C(=O)N[C@@H](CC)C(=O)N(C)C(Cc2ccc(C(=O)OC)cc2)C(=O)N(C)[C@@H](CC(C)C)C(=O)NC(C(C)C)C(=O)N(C)[C@@H](CC(C)C)C(=O)N[C@@H](C)C(=O)N[C@H](C)C(=O)N(C)[C@@H](CC(C)C)C(=O)N(C)[C@@H](CC(C)C)C(=O)N(C)[C@@H](C(C)C)C(=O)N1C. The fraction of sp³-hybridized carbons (Fsp3) is 0.718. The number of nitrogens with one attached hydrogen (secondary N) is 4. The summed E-state index contributed by atoms with van der Waals surface area (Å²) in [5.74, 6) is -11.1. The van der Waals surface area contributed by atoms with Crippen LogP contribution in [0.5, 0.6) is 0 Å². The predicted octanol–water partition coefficient (Wildman–Crippen LogP) is 4.67. The largest absolute Gasteiger partial charge is 0.465 e. The number of rotatable bonds is 18. The van der Waals surface area contributed by atoms with Gasteiger partial charge in [0.2, 0.25) is 65.0 Å². The van der Waals surface area contributed by atoms with Crippen molar-refractivity contribution in [2.45, 2.75) is 235 Å². The number of hydrogen-bond donors (Lipinski definition) is 5. The summed E-state index contributed by atoms with van der Waals surface area (Å²) in [4.78, 5) is 186. The number of likely N-dealkylation sites (N-methyl/N-ethyl adjacent to an activating group) is 7. The Hall–Kier alpha value is -7.44. The van der Waals surface area contributed by atoms with Crippen molar-refractivity contribution in [3.8, 4) is 0 Å². The lowest BCUT2D eigenvalue weighted by molar-refractivity contribution is -0.157. The van der Waals surface area contributed by atoms with E-state index in [9.17, 15) is 29.1 Å². The van der Waals surface area contributed by atoms with Crippen molar-refractivity contribution in [2.75, 3.05) is 56.4 Å². The molecule has 542 valence electrons. The van der Waals surface area contributed by atoms with Crippen LogP contribution in [0.2, 0.25) is 0 Å². The van der Waals surface area contributed by atoms with E-state index < -0.39 is 161 Å². The van der Waals surface area contributed by atoms with Gasteiger partial charge in [-0.25, -0.2) is 4.79 Å². The Labute approximate surface area is 572 Å². The van der Waals surface area contributed by atoms with Crippen molar-refractivity contribution in [3.63, 3.8) is 0 Å². The number of benzene rings is 1. The number of esters is 1. The molecule has 11 amide bonds. The third-order valence-electron chi connectivity index (χ3n) is 18.2. The number of allylic oxidation sites excluding steroid dienone is 2. The molecule has 25 heteroatoms. The molecule has 0 aliphatic carbocycles. The number of nitrogens with zero attached hydrogens (tertiary/aromatic N) is 7. The minimum atomic E-state index is -1.68. The predicted molar refractivity (Wildman–Crippen MR) is 369 cm³/mol. The van der Waals surface area contributed by atoms with Gasteiger partial charge in [0.1, 0.15) is 66.5 Å². The molecule has 0 aromatic heterocycles. The van der Waals surface area contributed by atoms with Gasteiger partial charge in [0.05, 0.1) is 18.8 Å². The highest BCUT2D eigenvalue weighted by molar-refractivity contribution is 6.00. The van der Waals surface area contributed by atoms with Crippen LogP contribution in [0.4, 0.5) is 0 Å². The molecule has 0 spiro atoms. The number of aliphatic hydroxyl groups excluding tert-OH is 1.